The van der Waals surface area contributed by atoms with E-state index in [1.165, 1.54) is 18.7 Å². The van der Waals surface area contributed by atoms with Gasteiger partial charge in [0.15, 0.2) is 0 Å². The molecule has 5 nitrogen and oxygen atoms in total. The summed E-state index contributed by atoms with van der Waals surface area (Å²) in [5.74, 6) is 3.32. The van der Waals surface area contributed by atoms with Crippen LogP contribution in [0.4, 0.5) is 0 Å². The molecule has 0 radical (unpaired) electrons. The summed E-state index contributed by atoms with van der Waals surface area (Å²) in [6.45, 7) is 15.0. The van der Waals surface area contributed by atoms with Crippen LogP contribution in [0.5, 0.6) is 0 Å². The van der Waals surface area contributed by atoms with Crippen LogP contribution in [0.3, 0.4) is 0 Å². The lowest BCUT2D eigenvalue weighted by molar-refractivity contribution is -0.170. The molecule has 1 heterocycles. The summed E-state index contributed by atoms with van der Waals surface area (Å²) in [4.78, 5) is 21.8. The Hall–Kier alpha value is -0.940. The van der Waals surface area contributed by atoms with E-state index in [2.05, 4.69) is 65.9 Å². The first-order chi connectivity index (χ1) is 16.3. The molecule has 5 aliphatic carbocycles. The summed E-state index contributed by atoms with van der Waals surface area (Å²) in [6, 6.07) is 0.749. The zero-order valence-electron chi connectivity index (χ0n) is 23.4. The first-order valence-electron chi connectivity index (χ1n) is 14.5. The van der Waals surface area contributed by atoms with Crippen molar-refractivity contribution in [3.63, 3.8) is 0 Å². The predicted octanol–water partition coefficient (Wildman–Crippen LogP) is 4.53. The first-order valence-corrected chi connectivity index (χ1v) is 14.5. The fraction of sp³-hybridized carbons (Fsp3) is 0.933. The maximum absolute atomic E-state index is 14.4. The Morgan fingerprint density at radius 2 is 1.74 bits per heavy atom. The van der Waals surface area contributed by atoms with Crippen molar-refractivity contribution < 1.29 is 9.90 Å². The zero-order chi connectivity index (χ0) is 25.3. The number of hydrogen-bond donors (Lipinski definition) is 2. The molecule has 6 aliphatic rings. The molecule has 0 bridgehead atoms. The van der Waals surface area contributed by atoms with Gasteiger partial charge >= 0.3 is 0 Å². The van der Waals surface area contributed by atoms with E-state index >= 15 is 0 Å². The number of fused-ring (bicyclic) bond motifs is 4. The molecule has 2 spiro atoms. The lowest BCUT2D eigenvalue weighted by atomic mass is 9.41. The van der Waals surface area contributed by atoms with E-state index in [1.807, 2.05) is 0 Å². The molecule has 6 rings (SSSR count). The van der Waals surface area contributed by atoms with Crippen LogP contribution >= 0.6 is 0 Å². The zero-order valence-corrected chi connectivity index (χ0v) is 23.4. The van der Waals surface area contributed by atoms with Crippen LogP contribution in [0.25, 0.3) is 0 Å². The van der Waals surface area contributed by atoms with Gasteiger partial charge in [-0.3, -0.25) is 9.79 Å². The summed E-state index contributed by atoms with van der Waals surface area (Å²) in [5, 5.41) is 15.3. The highest BCUT2D eigenvalue weighted by Gasteiger charge is 2.86. The minimum atomic E-state index is -0.322. The van der Waals surface area contributed by atoms with Crippen molar-refractivity contribution in [2.75, 3.05) is 20.6 Å². The van der Waals surface area contributed by atoms with E-state index in [4.69, 9.17) is 4.99 Å². The summed E-state index contributed by atoms with van der Waals surface area (Å²) in [7, 11) is 4.24. The number of hydrogen-bond acceptors (Lipinski definition) is 5. The van der Waals surface area contributed by atoms with Crippen molar-refractivity contribution in [3.8, 4) is 0 Å². The van der Waals surface area contributed by atoms with Gasteiger partial charge in [0.1, 0.15) is 5.78 Å². The molecule has 1 aliphatic heterocycles. The Kier molecular flexibility index (Phi) is 4.97. The highest BCUT2D eigenvalue weighted by molar-refractivity contribution is 5.92. The SMILES string of the molecule is CC(C)C1=NC[C@]2(C)C(CCC34C[C@]35C(=O)C[C@]3(C)[C@@H]([C@H](C)N(C)C)[C@H](O)C[C@@]3(C)[C@@H]5CC[C@H]42)N1. The molecule has 0 aromatic heterocycles. The normalized spacial score (nSPS) is 55.2. The maximum atomic E-state index is 14.4. The van der Waals surface area contributed by atoms with E-state index in [9.17, 15) is 9.90 Å². The van der Waals surface area contributed by atoms with Crippen molar-refractivity contribution >= 4 is 11.6 Å². The van der Waals surface area contributed by atoms with E-state index < -0.39 is 0 Å². The third kappa shape index (κ3) is 2.63. The van der Waals surface area contributed by atoms with Crippen molar-refractivity contribution in [2.45, 2.75) is 105 Å². The molecule has 2 N–H and O–H groups in total. The average molecular weight is 484 g/mol. The van der Waals surface area contributed by atoms with Crippen LogP contribution in [0, 0.1) is 50.7 Å². The van der Waals surface area contributed by atoms with Gasteiger partial charge in [0, 0.05) is 47.7 Å². The molecule has 11 atom stereocenters. The minimum absolute atomic E-state index is 0.0231. The topological polar surface area (TPSA) is 64.9 Å². The van der Waals surface area contributed by atoms with Crippen LogP contribution in [0.2, 0.25) is 0 Å². The molecule has 2 unspecified atom stereocenters. The fourth-order valence-electron chi connectivity index (χ4n) is 11.5. The fourth-order valence-corrected chi connectivity index (χ4v) is 11.5. The van der Waals surface area contributed by atoms with Gasteiger partial charge in [-0.25, -0.2) is 0 Å². The monoisotopic (exact) mass is 483 g/mol. The molecule has 5 fully saturated rings. The number of aliphatic hydroxyl groups excluding tert-OH is 1. The molecule has 0 amide bonds. The first kappa shape index (κ1) is 24.4. The Labute approximate surface area is 212 Å². The second-order valence-electron chi connectivity index (χ2n) is 15.0. The van der Waals surface area contributed by atoms with E-state index in [1.54, 1.807) is 0 Å². The molecule has 196 valence electrons. The minimum Gasteiger partial charge on any atom is -0.393 e. The summed E-state index contributed by atoms with van der Waals surface area (Å²) < 4.78 is 0. The van der Waals surface area contributed by atoms with Gasteiger partial charge in [0.05, 0.1) is 11.9 Å². The van der Waals surface area contributed by atoms with Crippen LogP contribution in [-0.4, -0.2) is 60.5 Å². The number of carbonyl (C=O) groups excluding carboxylic acids is 1. The Morgan fingerprint density at radius 3 is 2.40 bits per heavy atom. The van der Waals surface area contributed by atoms with Crippen LogP contribution in [0.1, 0.15) is 86.5 Å². The van der Waals surface area contributed by atoms with Crippen molar-refractivity contribution in [1.82, 2.24) is 10.2 Å². The van der Waals surface area contributed by atoms with Gasteiger partial charge in [-0.1, -0.05) is 34.6 Å². The van der Waals surface area contributed by atoms with Crippen molar-refractivity contribution in [1.29, 1.82) is 0 Å². The predicted molar refractivity (Wildman–Crippen MR) is 140 cm³/mol. The quantitative estimate of drug-likeness (QED) is 0.619. The van der Waals surface area contributed by atoms with Crippen molar-refractivity contribution in [2.24, 2.45) is 55.7 Å². The number of nitrogens with zero attached hydrogens (tertiary/aromatic N) is 2. The number of nitrogens with one attached hydrogen (secondary N) is 1. The van der Waals surface area contributed by atoms with E-state index in [0.29, 0.717) is 36.0 Å². The summed E-state index contributed by atoms with van der Waals surface area (Å²) in [5.41, 5.74) is 0.0602. The van der Waals surface area contributed by atoms with Crippen LogP contribution < -0.4 is 5.32 Å². The lowest BCUT2D eigenvalue weighted by Crippen LogP contribution is -2.65. The average Bonchev–Trinajstić information content (AvgIpc) is 3.41. The number of rotatable bonds is 3. The number of carbonyl (C=O) groups is 1. The Morgan fingerprint density at radius 1 is 1.06 bits per heavy atom. The number of amidine groups is 1. The molecule has 35 heavy (non-hydrogen) atoms. The second kappa shape index (κ2) is 7.12. The third-order valence-corrected chi connectivity index (χ3v) is 13.5. The molecule has 0 aromatic carbocycles. The van der Waals surface area contributed by atoms with Crippen LogP contribution in [0.15, 0.2) is 4.99 Å². The highest BCUT2D eigenvalue weighted by Crippen LogP contribution is 2.88. The van der Waals surface area contributed by atoms with Gasteiger partial charge < -0.3 is 15.3 Å². The molecule has 5 heteroatoms. The highest BCUT2D eigenvalue weighted by atomic mass is 16.3. The number of aliphatic hydroxyl groups is 1. The summed E-state index contributed by atoms with van der Waals surface area (Å²) in [6.07, 6.45) is 7.01. The maximum Gasteiger partial charge on any atom is 0.140 e. The molecular weight excluding hydrogens is 434 g/mol. The number of aliphatic imine (C=N–C) groups is 1. The van der Waals surface area contributed by atoms with E-state index in [0.717, 1.165) is 32.2 Å². The Balaban J connectivity index is 1.38. The number of ketones is 1. The van der Waals surface area contributed by atoms with Gasteiger partial charge in [-0.2, -0.15) is 0 Å². The van der Waals surface area contributed by atoms with Gasteiger partial charge in [-0.05, 0) is 87.6 Å². The van der Waals surface area contributed by atoms with Crippen LogP contribution in [-0.2, 0) is 4.79 Å². The molecule has 5 saturated carbocycles. The van der Waals surface area contributed by atoms with E-state index in [-0.39, 0.29) is 45.1 Å². The molecular formula is C30H49N3O2. The second-order valence-corrected chi connectivity index (χ2v) is 15.0. The third-order valence-electron chi connectivity index (χ3n) is 13.5. The lowest BCUT2D eigenvalue weighted by Gasteiger charge is -2.63. The standard InChI is InChI=1S/C30H49N3O2/c1-17(2)25-31-16-26(4)20-9-10-21-27(5)13-19(34)24(18(3)33(7)8)28(27,6)14-23(35)30(21)15-29(20,30)12-11-22(26)32-25/h17-22,24,34H,9-16H2,1-8H3,(H,31,32)/t18-,19+,20-,21-,22?,24-,26-,27-,28+,29?,30-/m0/s1. The van der Waals surface area contributed by atoms with Gasteiger partial charge in [0.2, 0.25) is 0 Å². The molecule has 0 saturated heterocycles. The molecule has 0 aromatic rings. The van der Waals surface area contributed by atoms with Gasteiger partial charge in [0.25, 0.3) is 0 Å². The smallest absolute Gasteiger partial charge is 0.140 e. The largest absolute Gasteiger partial charge is 0.393 e. The Bertz CT molecular complexity index is 977. The summed E-state index contributed by atoms with van der Waals surface area (Å²) >= 11 is 0. The van der Waals surface area contributed by atoms with Crippen molar-refractivity contribution in [3.05, 3.63) is 0 Å². The number of Topliss-reactive ketones (excluding diaryl/α,β-unsaturated/α-hetero) is 1. The van der Waals surface area contributed by atoms with Gasteiger partial charge in [-0.15, -0.1) is 0 Å².